The Morgan fingerprint density at radius 3 is 3.05 bits per heavy atom. The zero-order chi connectivity index (χ0) is 13.7. The first-order valence-corrected chi connectivity index (χ1v) is 5.91. The van der Waals surface area contributed by atoms with Crippen LogP contribution in [0, 0.1) is 0 Å². The van der Waals surface area contributed by atoms with Crippen LogP contribution in [0.1, 0.15) is 31.6 Å². The molecule has 102 valence electrons. The summed E-state index contributed by atoms with van der Waals surface area (Å²) >= 11 is 0. The lowest BCUT2D eigenvalue weighted by molar-refractivity contribution is -0.121. The Kier molecular flexibility index (Phi) is 4.06. The number of rotatable bonds is 6. The number of carbonyl (C=O) groups is 1. The van der Waals surface area contributed by atoms with Gasteiger partial charge in [-0.25, -0.2) is 14.9 Å². The van der Waals surface area contributed by atoms with Crippen molar-refractivity contribution in [3.05, 3.63) is 29.0 Å². The van der Waals surface area contributed by atoms with Gasteiger partial charge in [-0.3, -0.25) is 14.5 Å². The van der Waals surface area contributed by atoms with E-state index in [4.69, 9.17) is 0 Å². The third-order valence-corrected chi connectivity index (χ3v) is 2.56. The summed E-state index contributed by atoms with van der Waals surface area (Å²) in [6, 6.07) is -0.335. The molecule has 0 spiro atoms. The normalized spacial score (nSPS) is 12.3. The van der Waals surface area contributed by atoms with Crippen molar-refractivity contribution in [2.45, 2.75) is 32.4 Å². The molecule has 0 bridgehead atoms. The van der Waals surface area contributed by atoms with Gasteiger partial charge in [0.25, 0.3) is 0 Å². The fourth-order valence-electron chi connectivity index (χ4n) is 1.62. The van der Waals surface area contributed by atoms with E-state index in [2.05, 4.69) is 30.6 Å². The fourth-order valence-corrected chi connectivity index (χ4v) is 1.62. The van der Waals surface area contributed by atoms with Crippen LogP contribution < -0.4 is 11.0 Å². The van der Waals surface area contributed by atoms with Crippen molar-refractivity contribution >= 4 is 5.91 Å². The lowest BCUT2D eigenvalue weighted by Crippen LogP contribution is -2.27. The van der Waals surface area contributed by atoms with E-state index in [0.717, 1.165) is 0 Å². The van der Waals surface area contributed by atoms with E-state index in [1.807, 2.05) is 0 Å². The molecule has 0 radical (unpaired) electrons. The van der Waals surface area contributed by atoms with Crippen molar-refractivity contribution in [1.82, 2.24) is 35.3 Å². The SMILES string of the molecule is CC(NC(=O)CCCn1cncn1)c1n[nH]c(=O)[nH]1. The summed E-state index contributed by atoms with van der Waals surface area (Å²) in [6.07, 6.45) is 4.10. The average molecular weight is 265 g/mol. The zero-order valence-corrected chi connectivity index (χ0v) is 10.5. The van der Waals surface area contributed by atoms with Gasteiger partial charge in [-0.2, -0.15) is 10.2 Å². The van der Waals surface area contributed by atoms with Gasteiger partial charge in [0.05, 0.1) is 6.04 Å². The molecule has 2 aromatic rings. The molecule has 1 amide bonds. The molecule has 0 aliphatic heterocycles. The van der Waals surface area contributed by atoms with E-state index in [1.54, 1.807) is 17.9 Å². The molecule has 3 N–H and O–H groups in total. The maximum Gasteiger partial charge on any atom is 0.340 e. The molecule has 0 aliphatic rings. The van der Waals surface area contributed by atoms with Crippen molar-refractivity contribution in [3.8, 4) is 0 Å². The number of H-pyrrole nitrogens is 2. The molecule has 19 heavy (non-hydrogen) atoms. The number of aryl methyl sites for hydroxylation is 1. The van der Waals surface area contributed by atoms with Crippen LogP contribution in [0.2, 0.25) is 0 Å². The average Bonchev–Trinajstić information content (AvgIpc) is 3.00. The predicted octanol–water partition coefficient (Wildman–Crippen LogP) is -0.653. The number of amides is 1. The molecule has 0 saturated heterocycles. The molecular weight excluding hydrogens is 250 g/mol. The van der Waals surface area contributed by atoms with Crippen LogP contribution in [-0.4, -0.2) is 35.9 Å². The fraction of sp³-hybridized carbons (Fsp3) is 0.500. The van der Waals surface area contributed by atoms with Crippen LogP contribution in [0.4, 0.5) is 0 Å². The smallest absolute Gasteiger partial charge is 0.340 e. The largest absolute Gasteiger partial charge is 0.346 e. The summed E-state index contributed by atoms with van der Waals surface area (Å²) in [6.45, 7) is 2.39. The molecule has 1 unspecified atom stereocenters. The summed E-state index contributed by atoms with van der Waals surface area (Å²) < 4.78 is 1.67. The minimum Gasteiger partial charge on any atom is -0.346 e. The number of nitrogens with zero attached hydrogens (tertiary/aromatic N) is 4. The molecule has 1 atom stereocenters. The molecule has 2 heterocycles. The Labute approximate surface area is 108 Å². The zero-order valence-electron chi connectivity index (χ0n) is 10.5. The quantitative estimate of drug-likeness (QED) is 0.640. The topological polar surface area (TPSA) is 121 Å². The van der Waals surface area contributed by atoms with Crippen LogP contribution in [0.3, 0.4) is 0 Å². The maximum atomic E-state index is 11.7. The van der Waals surface area contributed by atoms with E-state index in [-0.39, 0.29) is 17.6 Å². The highest BCUT2D eigenvalue weighted by Gasteiger charge is 2.12. The van der Waals surface area contributed by atoms with Crippen molar-refractivity contribution in [2.24, 2.45) is 0 Å². The number of aromatic amines is 2. The Morgan fingerprint density at radius 1 is 1.58 bits per heavy atom. The summed E-state index contributed by atoms with van der Waals surface area (Å²) in [7, 11) is 0. The molecule has 9 nitrogen and oxygen atoms in total. The van der Waals surface area contributed by atoms with Gasteiger partial charge in [-0.1, -0.05) is 0 Å². The molecule has 2 aromatic heterocycles. The number of hydrogen-bond donors (Lipinski definition) is 3. The van der Waals surface area contributed by atoms with Gasteiger partial charge in [-0.15, -0.1) is 0 Å². The molecule has 9 heteroatoms. The third-order valence-electron chi connectivity index (χ3n) is 2.56. The molecule has 0 fully saturated rings. The summed E-state index contributed by atoms with van der Waals surface area (Å²) in [4.78, 5) is 28.9. The van der Waals surface area contributed by atoms with Gasteiger partial charge in [0.15, 0.2) is 5.82 Å². The van der Waals surface area contributed by atoms with Crippen molar-refractivity contribution in [2.75, 3.05) is 0 Å². The predicted molar refractivity (Wildman–Crippen MR) is 65.0 cm³/mol. The number of hydrogen-bond acceptors (Lipinski definition) is 5. The monoisotopic (exact) mass is 265 g/mol. The van der Waals surface area contributed by atoms with Gasteiger partial charge in [0.1, 0.15) is 12.7 Å². The van der Waals surface area contributed by atoms with Crippen LogP contribution in [0.5, 0.6) is 0 Å². The molecule has 0 aromatic carbocycles. The molecule has 0 aliphatic carbocycles. The van der Waals surface area contributed by atoms with E-state index < -0.39 is 0 Å². The van der Waals surface area contributed by atoms with E-state index in [1.165, 1.54) is 6.33 Å². The minimum atomic E-state index is -0.387. The minimum absolute atomic E-state index is 0.100. The van der Waals surface area contributed by atoms with Crippen molar-refractivity contribution < 1.29 is 4.79 Å². The van der Waals surface area contributed by atoms with Gasteiger partial charge in [0, 0.05) is 13.0 Å². The highest BCUT2D eigenvalue weighted by Crippen LogP contribution is 2.04. The molecule has 0 saturated carbocycles. The maximum absolute atomic E-state index is 11.7. The van der Waals surface area contributed by atoms with E-state index in [9.17, 15) is 9.59 Å². The van der Waals surface area contributed by atoms with Crippen LogP contribution in [-0.2, 0) is 11.3 Å². The van der Waals surface area contributed by atoms with Crippen LogP contribution in [0.25, 0.3) is 0 Å². The van der Waals surface area contributed by atoms with Gasteiger partial charge < -0.3 is 5.32 Å². The Bertz CT molecular complexity index is 571. The molecular formula is C10H15N7O2. The Hall–Kier alpha value is -2.45. The van der Waals surface area contributed by atoms with Crippen LogP contribution >= 0.6 is 0 Å². The second kappa shape index (κ2) is 5.94. The first-order chi connectivity index (χ1) is 9.15. The lowest BCUT2D eigenvalue weighted by Gasteiger charge is -2.10. The summed E-state index contributed by atoms with van der Waals surface area (Å²) in [5, 5.41) is 12.7. The summed E-state index contributed by atoms with van der Waals surface area (Å²) in [5.41, 5.74) is -0.387. The first kappa shape index (κ1) is 13.0. The lowest BCUT2D eigenvalue weighted by atomic mass is 10.2. The second-order valence-electron chi connectivity index (χ2n) is 4.11. The first-order valence-electron chi connectivity index (χ1n) is 5.91. The van der Waals surface area contributed by atoms with Gasteiger partial charge in [-0.05, 0) is 13.3 Å². The third kappa shape index (κ3) is 3.76. The van der Waals surface area contributed by atoms with E-state index in [0.29, 0.717) is 25.2 Å². The van der Waals surface area contributed by atoms with Gasteiger partial charge >= 0.3 is 5.69 Å². The van der Waals surface area contributed by atoms with E-state index >= 15 is 0 Å². The Balaban J connectivity index is 1.73. The molecule has 2 rings (SSSR count). The highest BCUT2D eigenvalue weighted by molar-refractivity contribution is 5.76. The van der Waals surface area contributed by atoms with Crippen LogP contribution in [0.15, 0.2) is 17.4 Å². The van der Waals surface area contributed by atoms with Gasteiger partial charge in [0.2, 0.25) is 5.91 Å². The Morgan fingerprint density at radius 2 is 2.42 bits per heavy atom. The number of carbonyl (C=O) groups excluding carboxylic acids is 1. The second-order valence-corrected chi connectivity index (χ2v) is 4.11. The number of aromatic nitrogens is 6. The standard InChI is InChI=1S/C10H15N7O2/c1-7(9-14-10(19)16-15-9)13-8(18)3-2-4-17-6-11-5-12-17/h5-7H,2-4H2,1H3,(H,13,18)(H2,14,15,16,19). The summed E-state index contributed by atoms with van der Waals surface area (Å²) in [5.74, 6) is 0.311. The van der Waals surface area contributed by atoms with Crippen molar-refractivity contribution in [3.63, 3.8) is 0 Å². The van der Waals surface area contributed by atoms with Crippen molar-refractivity contribution in [1.29, 1.82) is 0 Å². The highest BCUT2D eigenvalue weighted by atomic mass is 16.2. The number of nitrogens with one attached hydrogen (secondary N) is 3.